The standard InChI is InChI=1S/C15H22N2/c1-4-17(11-5-10-16)12-14-6-8-15(9-7-14)13(2)3/h6-9,13H,4-5,11-12H2,1-3H3. The first-order valence-corrected chi connectivity index (χ1v) is 6.35. The smallest absolute Gasteiger partial charge is 0.0635 e. The van der Waals surface area contributed by atoms with E-state index in [9.17, 15) is 0 Å². The molecule has 0 aliphatic heterocycles. The molecule has 92 valence electrons. The third-order valence-electron chi connectivity index (χ3n) is 3.04. The van der Waals surface area contributed by atoms with Crippen molar-refractivity contribution in [2.24, 2.45) is 0 Å². The minimum Gasteiger partial charge on any atom is -0.298 e. The summed E-state index contributed by atoms with van der Waals surface area (Å²) in [5.74, 6) is 0.588. The maximum atomic E-state index is 8.60. The lowest BCUT2D eigenvalue weighted by atomic mass is 10.0. The van der Waals surface area contributed by atoms with E-state index < -0.39 is 0 Å². The largest absolute Gasteiger partial charge is 0.298 e. The Labute approximate surface area is 105 Å². The van der Waals surface area contributed by atoms with Crippen molar-refractivity contribution in [3.05, 3.63) is 35.4 Å². The zero-order valence-corrected chi connectivity index (χ0v) is 11.1. The molecular formula is C15H22N2. The van der Waals surface area contributed by atoms with Crippen molar-refractivity contribution in [1.82, 2.24) is 4.90 Å². The number of hydrogen-bond donors (Lipinski definition) is 0. The number of hydrogen-bond acceptors (Lipinski definition) is 2. The third-order valence-corrected chi connectivity index (χ3v) is 3.04. The van der Waals surface area contributed by atoms with Crippen LogP contribution in [0.5, 0.6) is 0 Å². The molecule has 0 unspecified atom stereocenters. The van der Waals surface area contributed by atoms with Gasteiger partial charge in [0.15, 0.2) is 0 Å². The molecule has 0 amide bonds. The van der Waals surface area contributed by atoms with Crippen molar-refractivity contribution in [2.45, 2.75) is 39.7 Å². The van der Waals surface area contributed by atoms with E-state index in [1.165, 1.54) is 11.1 Å². The Morgan fingerprint density at radius 2 is 1.88 bits per heavy atom. The lowest BCUT2D eigenvalue weighted by molar-refractivity contribution is 0.287. The molecule has 1 aromatic carbocycles. The Morgan fingerprint density at radius 1 is 1.24 bits per heavy atom. The molecule has 0 aliphatic rings. The summed E-state index contributed by atoms with van der Waals surface area (Å²) in [6.07, 6.45) is 0.609. The van der Waals surface area contributed by atoms with E-state index >= 15 is 0 Å². The molecule has 2 nitrogen and oxygen atoms in total. The van der Waals surface area contributed by atoms with Crippen LogP contribution in [0.15, 0.2) is 24.3 Å². The fraction of sp³-hybridized carbons (Fsp3) is 0.533. The van der Waals surface area contributed by atoms with Gasteiger partial charge in [-0.1, -0.05) is 45.0 Å². The third kappa shape index (κ3) is 4.58. The molecule has 0 radical (unpaired) electrons. The van der Waals surface area contributed by atoms with Gasteiger partial charge in [0, 0.05) is 19.5 Å². The summed E-state index contributed by atoms with van der Waals surface area (Å²) < 4.78 is 0. The van der Waals surface area contributed by atoms with Gasteiger partial charge in [-0.05, 0) is 23.6 Å². The summed E-state index contributed by atoms with van der Waals surface area (Å²) in [5.41, 5.74) is 2.71. The zero-order chi connectivity index (χ0) is 12.7. The van der Waals surface area contributed by atoms with Gasteiger partial charge in [-0.25, -0.2) is 0 Å². The molecule has 0 fully saturated rings. The average molecular weight is 230 g/mol. The second-order valence-corrected chi connectivity index (χ2v) is 4.67. The van der Waals surface area contributed by atoms with Crippen molar-refractivity contribution in [1.29, 1.82) is 5.26 Å². The van der Waals surface area contributed by atoms with Crippen LogP contribution in [0.1, 0.15) is 44.2 Å². The molecule has 0 aromatic heterocycles. The zero-order valence-electron chi connectivity index (χ0n) is 11.1. The van der Waals surface area contributed by atoms with Gasteiger partial charge in [0.1, 0.15) is 0 Å². The molecule has 0 saturated heterocycles. The second kappa shape index (κ2) is 7.09. The van der Waals surface area contributed by atoms with Gasteiger partial charge in [0.05, 0.1) is 6.07 Å². The van der Waals surface area contributed by atoms with Gasteiger partial charge in [-0.2, -0.15) is 5.26 Å². The van der Waals surface area contributed by atoms with Crippen LogP contribution in [0.2, 0.25) is 0 Å². The van der Waals surface area contributed by atoms with E-state index in [0.29, 0.717) is 12.3 Å². The maximum Gasteiger partial charge on any atom is 0.0635 e. The topological polar surface area (TPSA) is 27.0 Å². The fourth-order valence-corrected chi connectivity index (χ4v) is 1.82. The Kier molecular flexibility index (Phi) is 5.72. The quantitative estimate of drug-likeness (QED) is 0.747. The van der Waals surface area contributed by atoms with Gasteiger partial charge in [0.25, 0.3) is 0 Å². The van der Waals surface area contributed by atoms with Crippen molar-refractivity contribution in [3.63, 3.8) is 0 Å². The molecule has 0 aliphatic carbocycles. The molecule has 0 spiro atoms. The van der Waals surface area contributed by atoms with Crippen LogP contribution in [0.4, 0.5) is 0 Å². The van der Waals surface area contributed by atoms with Gasteiger partial charge in [0.2, 0.25) is 0 Å². The van der Waals surface area contributed by atoms with Crippen LogP contribution in [0.3, 0.4) is 0 Å². The lowest BCUT2D eigenvalue weighted by Crippen LogP contribution is -2.23. The van der Waals surface area contributed by atoms with E-state index in [1.807, 2.05) is 0 Å². The first-order chi connectivity index (χ1) is 8.17. The Morgan fingerprint density at radius 3 is 2.35 bits per heavy atom. The molecule has 1 aromatic rings. The predicted molar refractivity (Wildman–Crippen MR) is 71.7 cm³/mol. The molecule has 2 heteroatoms. The summed E-state index contributed by atoms with van der Waals surface area (Å²) in [6.45, 7) is 9.35. The highest BCUT2D eigenvalue weighted by Gasteiger charge is 2.04. The van der Waals surface area contributed by atoms with Crippen LogP contribution in [-0.2, 0) is 6.54 Å². The summed E-state index contributed by atoms with van der Waals surface area (Å²) in [6, 6.07) is 11.0. The number of nitriles is 1. The maximum absolute atomic E-state index is 8.60. The fourth-order valence-electron chi connectivity index (χ4n) is 1.82. The van der Waals surface area contributed by atoms with Gasteiger partial charge >= 0.3 is 0 Å². The van der Waals surface area contributed by atoms with Crippen LogP contribution >= 0.6 is 0 Å². The molecule has 0 atom stereocenters. The van der Waals surface area contributed by atoms with Crippen molar-refractivity contribution in [2.75, 3.05) is 13.1 Å². The SMILES string of the molecule is CCN(CCC#N)Cc1ccc(C(C)C)cc1. The second-order valence-electron chi connectivity index (χ2n) is 4.67. The van der Waals surface area contributed by atoms with Crippen LogP contribution in [0, 0.1) is 11.3 Å². The highest BCUT2D eigenvalue weighted by Crippen LogP contribution is 2.15. The van der Waals surface area contributed by atoms with Gasteiger partial charge in [-0.15, -0.1) is 0 Å². The van der Waals surface area contributed by atoms with Gasteiger partial charge < -0.3 is 0 Å². The summed E-state index contributed by atoms with van der Waals surface area (Å²) in [5, 5.41) is 8.60. The van der Waals surface area contributed by atoms with Crippen LogP contribution in [0.25, 0.3) is 0 Å². The van der Waals surface area contributed by atoms with E-state index in [1.54, 1.807) is 0 Å². The molecule has 0 bridgehead atoms. The van der Waals surface area contributed by atoms with E-state index in [2.05, 4.69) is 56.0 Å². The summed E-state index contributed by atoms with van der Waals surface area (Å²) in [4.78, 5) is 2.30. The summed E-state index contributed by atoms with van der Waals surface area (Å²) in [7, 11) is 0. The predicted octanol–water partition coefficient (Wildman–Crippen LogP) is 3.55. The number of benzene rings is 1. The molecule has 0 saturated carbocycles. The Balaban J connectivity index is 2.58. The normalized spacial score (nSPS) is 10.8. The summed E-state index contributed by atoms with van der Waals surface area (Å²) >= 11 is 0. The monoisotopic (exact) mass is 230 g/mol. The first kappa shape index (κ1) is 13.7. The molecule has 1 rings (SSSR count). The molecule has 17 heavy (non-hydrogen) atoms. The minimum absolute atomic E-state index is 0.588. The number of rotatable bonds is 6. The number of nitrogens with zero attached hydrogens (tertiary/aromatic N) is 2. The average Bonchev–Trinajstić information content (AvgIpc) is 2.35. The van der Waals surface area contributed by atoms with E-state index in [4.69, 9.17) is 5.26 Å². The molecule has 0 heterocycles. The lowest BCUT2D eigenvalue weighted by Gasteiger charge is -2.19. The van der Waals surface area contributed by atoms with Crippen molar-refractivity contribution < 1.29 is 0 Å². The van der Waals surface area contributed by atoms with E-state index in [-0.39, 0.29) is 0 Å². The highest BCUT2D eigenvalue weighted by atomic mass is 15.1. The Bertz CT molecular complexity index is 360. The Hall–Kier alpha value is -1.33. The molecular weight excluding hydrogens is 208 g/mol. The van der Waals surface area contributed by atoms with Crippen LogP contribution < -0.4 is 0 Å². The molecule has 0 N–H and O–H groups in total. The van der Waals surface area contributed by atoms with Crippen LogP contribution in [-0.4, -0.2) is 18.0 Å². The van der Waals surface area contributed by atoms with Crippen molar-refractivity contribution in [3.8, 4) is 6.07 Å². The highest BCUT2D eigenvalue weighted by molar-refractivity contribution is 5.24. The minimum atomic E-state index is 0.588. The first-order valence-electron chi connectivity index (χ1n) is 6.35. The van der Waals surface area contributed by atoms with Crippen molar-refractivity contribution >= 4 is 0 Å². The van der Waals surface area contributed by atoms with E-state index in [0.717, 1.165) is 19.6 Å². The van der Waals surface area contributed by atoms with Gasteiger partial charge in [-0.3, -0.25) is 4.90 Å².